The summed E-state index contributed by atoms with van der Waals surface area (Å²) in [6.45, 7) is 4.96. The number of aromatic nitrogens is 4. The average Bonchev–Trinajstić information content (AvgIpc) is 3.19. The zero-order chi connectivity index (χ0) is 21.6. The van der Waals surface area contributed by atoms with E-state index in [1.54, 1.807) is 12.4 Å². The molecular formula is C22H28BrN7O. The molecule has 31 heavy (non-hydrogen) atoms. The molecule has 0 saturated carbocycles. The van der Waals surface area contributed by atoms with Gasteiger partial charge in [-0.3, -0.25) is 4.98 Å². The summed E-state index contributed by atoms with van der Waals surface area (Å²) in [7, 11) is 0. The number of hydrogen-bond acceptors (Lipinski definition) is 5. The molecule has 1 atom stereocenters. The van der Waals surface area contributed by atoms with Gasteiger partial charge in [-0.25, -0.2) is 9.78 Å². The van der Waals surface area contributed by atoms with E-state index in [0.717, 1.165) is 66.0 Å². The number of nitrogens with zero attached hydrogens (tertiary/aromatic N) is 5. The third kappa shape index (κ3) is 5.15. The zero-order valence-electron chi connectivity index (χ0n) is 17.7. The molecule has 0 spiro atoms. The number of piperidine rings is 1. The van der Waals surface area contributed by atoms with Crippen LogP contribution in [0.4, 0.5) is 10.6 Å². The summed E-state index contributed by atoms with van der Waals surface area (Å²) in [5.74, 6) is 1.07. The summed E-state index contributed by atoms with van der Waals surface area (Å²) in [4.78, 5) is 23.5. The Balaban J connectivity index is 1.54. The van der Waals surface area contributed by atoms with Gasteiger partial charge in [0.25, 0.3) is 0 Å². The third-order valence-corrected chi connectivity index (χ3v) is 6.14. The van der Waals surface area contributed by atoms with Crippen LogP contribution in [-0.2, 0) is 6.54 Å². The number of anilines is 1. The van der Waals surface area contributed by atoms with Crippen molar-refractivity contribution in [2.75, 3.05) is 25.0 Å². The fourth-order valence-corrected chi connectivity index (χ4v) is 4.22. The maximum absolute atomic E-state index is 12.6. The Morgan fingerprint density at radius 1 is 1.35 bits per heavy atom. The van der Waals surface area contributed by atoms with Crippen molar-refractivity contribution >= 4 is 33.4 Å². The van der Waals surface area contributed by atoms with Gasteiger partial charge in [0.15, 0.2) is 5.65 Å². The molecule has 8 nitrogen and oxygen atoms in total. The second kappa shape index (κ2) is 10.1. The van der Waals surface area contributed by atoms with Crippen LogP contribution in [0.25, 0.3) is 5.65 Å². The van der Waals surface area contributed by atoms with Crippen molar-refractivity contribution < 1.29 is 4.79 Å². The van der Waals surface area contributed by atoms with Gasteiger partial charge in [-0.2, -0.15) is 9.61 Å². The molecule has 0 aliphatic carbocycles. The number of pyridine rings is 1. The van der Waals surface area contributed by atoms with E-state index in [2.05, 4.69) is 49.6 Å². The summed E-state index contributed by atoms with van der Waals surface area (Å²) in [6, 6.07) is 6.05. The van der Waals surface area contributed by atoms with Gasteiger partial charge in [0.1, 0.15) is 5.82 Å². The highest BCUT2D eigenvalue weighted by Crippen LogP contribution is 2.29. The predicted octanol–water partition coefficient (Wildman–Crippen LogP) is 4.19. The van der Waals surface area contributed by atoms with Gasteiger partial charge in [-0.05, 0) is 46.8 Å². The number of fused-ring (bicyclic) bond motifs is 1. The number of halogens is 1. The van der Waals surface area contributed by atoms with Crippen LogP contribution in [0, 0.1) is 0 Å². The summed E-state index contributed by atoms with van der Waals surface area (Å²) >= 11 is 3.57. The van der Waals surface area contributed by atoms with Gasteiger partial charge in [0, 0.05) is 50.6 Å². The largest absolute Gasteiger partial charge is 0.366 e. The molecular weight excluding hydrogens is 458 g/mol. The lowest BCUT2D eigenvalue weighted by Gasteiger charge is -2.32. The number of hydrogen-bond donors (Lipinski definition) is 2. The number of carbonyl (C=O) groups excluding carboxylic acids is 1. The Labute approximate surface area is 190 Å². The molecule has 1 aliphatic rings. The number of amides is 2. The molecule has 9 heteroatoms. The first-order valence-corrected chi connectivity index (χ1v) is 11.6. The van der Waals surface area contributed by atoms with E-state index in [0.29, 0.717) is 13.1 Å². The highest BCUT2D eigenvalue weighted by atomic mass is 79.9. The molecule has 2 amide bonds. The standard InChI is InChI=1S/C22H28BrN7O/c1-2-3-9-25-22(31)29-10-5-7-17(15-29)19-11-20(26-13-16-6-4-8-24-12-16)30-21(28-19)18(23)14-27-30/h4,6,8,11-12,14,17,26H,2-3,5,7,9-10,13,15H2,1H3,(H,25,31). The predicted molar refractivity (Wildman–Crippen MR) is 124 cm³/mol. The van der Waals surface area contributed by atoms with Crippen LogP contribution >= 0.6 is 15.9 Å². The molecule has 0 aromatic carbocycles. The molecule has 164 valence electrons. The molecule has 4 rings (SSSR count). The van der Waals surface area contributed by atoms with E-state index in [4.69, 9.17) is 4.98 Å². The van der Waals surface area contributed by atoms with Gasteiger partial charge < -0.3 is 15.5 Å². The Morgan fingerprint density at radius 3 is 3.06 bits per heavy atom. The Morgan fingerprint density at radius 2 is 2.26 bits per heavy atom. The van der Waals surface area contributed by atoms with Crippen molar-refractivity contribution in [1.82, 2.24) is 29.8 Å². The Bertz CT molecular complexity index is 1020. The summed E-state index contributed by atoms with van der Waals surface area (Å²) in [6.07, 6.45) is 9.43. The molecule has 3 aromatic rings. The maximum atomic E-state index is 12.6. The van der Waals surface area contributed by atoms with E-state index in [-0.39, 0.29) is 11.9 Å². The molecule has 2 N–H and O–H groups in total. The van der Waals surface area contributed by atoms with Crippen LogP contribution in [0.2, 0.25) is 0 Å². The number of carbonyl (C=O) groups is 1. The number of likely N-dealkylation sites (tertiary alicyclic amines) is 1. The lowest BCUT2D eigenvalue weighted by Crippen LogP contribution is -2.45. The van der Waals surface area contributed by atoms with Crippen LogP contribution < -0.4 is 10.6 Å². The van der Waals surface area contributed by atoms with Gasteiger partial charge in [-0.15, -0.1) is 0 Å². The second-order valence-electron chi connectivity index (χ2n) is 7.88. The first-order valence-electron chi connectivity index (χ1n) is 10.9. The van der Waals surface area contributed by atoms with Crippen LogP contribution in [0.3, 0.4) is 0 Å². The zero-order valence-corrected chi connectivity index (χ0v) is 19.3. The van der Waals surface area contributed by atoms with Crippen molar-refractivity contribution in [1.29, 1.82) is 0 Å². The molecule has 1 unspecified atom stereocenters. The fourth-order valence-electron chi connectivity index (χ4n) is 3.87. The summed E-state index contributed by atoms with van der Waals surface area (Å²) in [5, 5.41) is 11.0. The van der Waals surface area contributed by atoms with Crippen molar-refractivity contribution in [3.63, 3.8) is 0 Å². The average molecular weight is 486 g/mol. The van der Waals surface area contributed by atoms with E-state index in [1.807, 2.05) is 27.7 Å². The van der Waals surface area contributed by atoms with Gasteiger partial charge >= 0.3 is 6.03 Å². The van der Waals surface area contributed by atoms with E-state index in [1.165, 1.54) is 0 Å². The number of nitrogens with one attached hydrogen (secondary N) is 2. The van der Waals surface area contributed by atoms with E-state index in [9.17, 15) is 4.79 Å². The Kier molecular flexibility index (Phi) is 7.01. The molecule has 4 heterocycles. The van der Waals surface area contributed by atoms with Crippen LogP contribution in [0.5, 0.6) is 0 Å². The molecule has 3 aromatic heterocycles. The minimum atomic E-state index is 0.0275. The topological polar surface area (TPSA) is 87.5 Å². The molecule has 1 saturated heterocycles. The minimum absolute atomic E-state index is 0.0275. The quantitative estimate of drug-likeness (QED) is 0.489. The first-order chi connectivity index (χ1) is 15.2. The second-order valence-corrected chi connectivity index (χ2v) is 8.73. The number of rotatable bonds is 7. The summed E-state index contributed by atoms with van der Waals surface area (Å²) in [5.41, 5.74) is 2.84. The molecule has 1 fully saturated rings. The molecule has 1 aliphatic heterocycles. The van der Waals surface area contributed by atoms with Gasteiger partial charge in [-0.1, -0.05) is 19.4 Å². The van der Waals surface area contributed by atoms with E-state index < -0.39 is 0 Å². The number of urea groups is 1. The van der Waals surface area contributed by atoms with Crippen LogP contribution in [0.1, 0.15) is 49.8 Å². The lowest BCUT2D eigenvalue weighted by atomic mass is 9.94. The normalized spacial score (nSPS) is 16.5. The highest BCUT2D eigenvalue weighted by molar-refractivity contribution is 9.10. The van der Waals surface area contributed by atoms with E-state index >= 15 is 0 Å². The SMILES string of the molecule is CCCCNC(=O)N1CCCC(c2cc(NCc3cccnc3)n3ncc(Br)c3n2)C1. The maximum Gasteiger partial charge on any atom is 0.317 e. The fraction of sp³-hybridized carbons (Fsp3) is 0.455. The number of unbranched alkanes of at least 4 members (excludes halogenated alkanes) is 1. The lowest BCUT2D eigenvalue weighted by molar-refractivity contribution is 0.179. The van der Waals surface area contributed by atoms with Crippen molar-refractivity contribution in [2.45, 2.75) is 45.1 Å². The molecule has 0 bridgehead atoms. The smallest absolute Gasteiger partial charge is 0.317 e. The van der Waals surface area contributed by atoms with Gasteiger partial charge in [0.05, 0.1) is 16.4 Å². The monoisotopic (exact) mass is 485 g/mol. The van der Waals surface area contributed by atoms with Crippen molar-refractivity contribution in [2.24, 2.45) is 0 Å². The van der Waals surface area contributed by atoms with Crippen LogP contribution in [0.15, 0.2) is 41.3 Å². The van der Waals surface area contributed by atoms with Crippen molar-refractivity contribution in [3.8, 4) is 0 Å². The van der Waals surface area contributed by atoms with Gasteiger partial charge in [0.2, 0.25) is 0 Å². The third-order valence-electron chi connectivity index (χ3n) is 5.58. The molecule has 0 radical (unpaired) electrons. The highest BCUT2D eigenvalue weighted by Gasteiger charge is 2.26. The Hall–Kier alpha value is -2.68. The minimum Gasteiger partial charge on any atom is -0.366 e. The van der Waals surface area contributed by atoms with Crippen molar-refractivity contribution in [3.05, 3.63) is 52.5 Å². The summed E-state index contributed by atoms with van der Waals surface area (Å²) < 4.78 is 2.66. The van der Waals surface area contributed by atoms with Crippen LogP contribution in [-0.4, -0.2) is 50.1 Å². The first kappa shape index (κ1) is 21.5.